The smallest absolute Gasteiger partial charge is 0.300 e. The van der Waals surface area contributed by atoms with Crippen LogP contribution in [-0.4, -0.2) is 49.6 Å². The van der Waals surface area contributed by atoms with E-state index in [0.29, 0.717) is 36.2 Å². The Morgan fingerprint density at radius 3 is 2.68 bits per heavy atom. The van der Waals surface area contributed by atoms with Gasteiger partial charge in [0.1, 0.15) is 0 Å². The minimum absolute atomic E-state index is 0.394. The minimum atomic E-state index is -0.483. The topological polar surface area (TPSA) is 49.9 Å². The summed E-state index contributed by atoms with van der Waals surface area (Å²) < 4.78 is 5.27. The van der Waals surface area contributed by atoms with Gasteiger partial charge in [-0.25, -0.2) is 0 Å². The molecule has 6 heteroatoms. The Balaban J connectivity index is 1.86. The summed E-state index contributed by atoms with van der Waals surface area (Å²) in [7, 11) is 0. The number of ether oxygens (including phenoxy) is 1. The van der Waals surface area contributed by atoms with E-state index in [9.17, 15) is 9.59 Å². The van der Waals surface area contributed by atoms with Gasteiger partial charge in [-0.15, -0.1) is 0 Å². The van der Waals surface area contributed by atoms with E-state index >= 15 is 0 Å². The maximum atomic E-state index is 12.0. The Hall–Kier alpha value is -1.43. The van der Waals surface area contributed by atoms with Crippen LogP contribution in [0.2, 0.25) is 5.02 Å². The van der Waals surface area contributed by atoms with Crippen LogP contribution in [0, 0.1) is 0 Å². The predicted molar refractivity (Wildman–Crippen MR) is 70.5 cm³/mol. The summed E-state index contributed by atoms with van der Waals surface area (Å²) in [5.74, 6) is -0.963. The van der Waals surface area contributed by atoms with E-state index in [2.05, 4.69) is 4.90 Å². The molecule has 1 aromatic carbocycles. The molecule has 1 aromatic rings. The molecule has 19 heavy (non-hydrogen) atoms. The van der Waals surface area contributed by atoms with Gasteiger partial charge < -0.3 is 4.74 Å². The number of rotatable bonds is 2. The molecule has 0 N–H and O–H groups in total. The van der Waals surface area contributed by atoms with Crippen molar-refractivity contribution < 1.29 is 14.3 Å². The van der Waals surface area contributed by atoms with Crippen molar-refractivity contribution in [2.24, 2.45) is 0 Å². The maximum Gasteiger partial charge on any atom is 0.300 e. The van der Waals surface area contributed by atoms with Crippen LogP contribution in [0.15, 0.2) is 18.2 Å². The third kappa shape index (κ3) is 2.25. The van der Waals surface area contributed by atoms with Crippen LogP contribution >= 0.6 is 11.6 Å². The van der Waals surface area contributed by atoms with Crippen LogP contribution in [0.5, 0.6) is 0 Å². The number of morpholine rings is 1. The quantitative estimate of drug-likeness (QED) is 0.763. The number of benzene rings is 1. The lowest BCUT2D eigenvalue weighted by Gasteiger charge is -2.30. The third-order valence-corrected chi connectivity index (χ3v) is 3.61. The number of ketones is 1. The summed E-state index contributed by atoms with van der Waals surface area (Å²) in [6.45, 7) is 3.26. The number of halogens is 1. The highest BCUT2D eigenvalue weighted by molar-refractivity contribution is 6.52. The maximum absolute atomic E-state index is 12.0. The number of nitrogens with zero attached hydrogens (tertiary/aromatic N) is 2. The molecule has 0 unspecified atom stereocenters. The monoisotopic (exact) mass is 280 g/mol. The molecule has 0 spiro atoms. The molecule has 0 bridgehead atoms. The molecule has 0 saturated carbocycles. The first-order valence-corrected chi connectivity index (χ1v) is 6.50. The number of hydrogen-bond acceptors (Lipinski definition) is 4. The molecule has 2 aliphatic heterocycles. The summed E-state index contributed by atoms with van der Waals surface area (Å²) in [5.41, 5.74) is 1.04. The van der Waals surface area contributed by atoms with Crippen molar-refractivity contribution in [3.05, 3.63) is 28.8 Å². The summed E-state index contributed by atoms with van der Waals surface area (Å²) in [5, 5.41) is 0.466. The molecule has 5 nitrogen and oxygen atoms in total. The Morgan fingerprint density at radius 2 is 1.95 bits per heavy atom. The molecule has 0 aromatic heterocycles. The van der Waals surface area contributed by atoms with Crippen molar-refractivity contribution in [1.82, 2.24) is 4.90 Å². The number of anilines is 1. The van der Waals surface area contributed by atoms with E-state index in [1.807, 2.05) is 0 Å². The Kier molecular flexibility index (Phi) is 3.26. The van der Waals surface area contributed by atoms with Gasteiger partial charge in [0.25, 0.3) is 5.78 Å². The zero-order valence-corrected chi connectivity index (χ0v) is 11.0. The summed E-state index contributed by atoms with van der Waals surface area (Å²) in [6, 6.07) is 4.97. The molecule has 1 saturated heterocycles. The molecule has 0 aliphatic carbocycles. The second-order valence-corrected chi connectivity index (χ2v) is 5.03. The third-order valence-electron chi connectivity index (χ3n) is 3.38. The van der Waals surface area contributed by atoms with Crippen molar-refractivity contribution in [3.63, 3.8) is 0 Å². The van der Waals surface area contributed by atoms with Gasteiger partial charge >= 0.3 is 5.91 Å². The van der Waals surface area contributed by atoms with E-state index in [0.717, 1.165) is 13.1 Å². The fourth-order valence-electron chi connectivity index (χ4n) is 2.36. The molecular weight excluding hydrogens is 268 g/mol. The second kappa shape index (κ2) is 4.92. The van der Waals surface area contributed by atoms with Crippen LogP contribution in [0.1, 0.15) is 10.4 Å². The highest BCUT2D eigenvalue weighted by atomic mass is 35.5. The minimum Gasteiger partial charge on any atom is -0.379 e. The standard InChI is InChI=1S/C13H13ClN2O3/c14-9-1-2-11-10(7-9)12(17)13(18)16(11)8-15-3-5-19-6-4-15/h1-2,7H,3-6,8H2. The van der Waals surface area contributed by atoms with Gasteiger partial charge in [-0.1, -0.05) is 11.6 Å². The van der Waals surface area contributed by atoms with Crippen molar-refractivity contribution in [2.75, 3.05) is 37.9 Å². The highest BCUT2D eigenvalue weighted by Crippen LogP contribution is 2.31. The summed E-state index contributed by atoms with van der Waals surface area (Å²) in [6.07, 6.45) is 0. The summed E-state index contributed by atoms with van der Waals surface area (Å²) in [4.78, 5) is 27.5. The second-order valence-electron chi connectivity index (χ2n) is 4.60. The molecule has 1 fully saturated rings. The lowest BCUT2D eigenvalue weighted by Crippen LogP contribution is -2.45. The number of fused-ring (bicyclic) bond motifs is 1. The van der Waals surface area contributed by atoms with Crippen molar-refractivity contribution in [2.45, 2.75) is 0 Å². The number of Topliss-reactive ketones (excluding diaryl/α,β-unsaturated/α-hetero) is 1. The highest BCUT2D eigenvalue weighted by Gasteiger charge is 2.36. The lowest BCUT2D eigenvalue weighted by atomic mass is 10.1. The van der Waals surface area contributed by atoms with Crippen LogP contribution in [0.3, 0.4) is 0 Å². The van der Waals surface area contributed by atoms with Crippen LogP contribution in [0.4, 0.5) is 5.69 Å². The van der Waals surface area contributed by atoms with Crippen molar-refractivity contribution >= 4 is 29.0 Å². The predicted octanol–water partition coefficient (Wildman–Crippen LogP) is 1.16. The first kappa shape index (κ1) is 12.6. The van der Waals surface area contributed by atoms with E-state index in [1.165, 1.54) is 4.90 Å². The van der Waals surface area contributed by atoms with Gasteiger partial charge in [0.05, 0.1) is 31.1 Å². The van der Waals surface area contributed by atoms with E-state index in [1.54, 1.807) is 18.2 Å². The van der Waals surface area contributed by atoms with Gasteiger partial charge in [-0.2, -0.15) is 0 Å². The van der Waals surface area contributed by atoms with Gasteiger partial charge in [0.15, 0.2) is 0 Å². The molecule has 0 radical (unpaired) electrons. The van der Waals surface area contributed by atoms with Gasteiger partial charge in [-0.3, -0.25) is 19.4 Å². The van der Waals surface area contributed by atoms with Crippen molar-refractivity contribution in [1.29, 1.82) is 0 Å². The first-order chi connectivity index (χ1) is 9.16. The van der Waals surface area contributed by atoms with Gasteiger partial charge in [0.2, 0.25) is 0 Å². The molecule has 3 rings (SSSR count). The molecule has 1 amide bonds. The van der Waals surface area contributed by atoms with E-state index in [-0.39, 0.29) is 0 Å². The van der Waals surface area contributed by atoms with Crippen LogP contribution in [0.25, 0.3) is 0 Å². The number of amides is 1. The summed E-state index contributed by atoms with van der Waals surface area (Å²) >= 11 is 5.87. The van der Waals surface area contributed by atoms with Crippen LogP contribution in [-0.2, 0) is 9.53 Å². The van der Waals surface area contributed by atoms with Gasteiger partial charge in [-0.05, 0) is 18.2 Å². The Morgan fingerprint density at radius 1 is 1.21 bits per heavy atom. The average molecular weight is 281 g/mol. The van der Waals surface area contributed by atoms with Crippen LogP contribution < -0.4 is 4.90 Å². The Labute approximate surface area is 115 Å². The van der Waals surface area contributed by atoms with E-state index < -0.39 is 11.7 Å². The zero-order chi connectivity index (χ0) is 13.4. The largest absolute Gasteiger partial charge is 0.379 e. The zero-order valence-electron chi connectivity index (χ0n) is 10.3. The first-order valence-electron chi connectivity index (χ1n) is 6.12. The Bertz CT molecular complexity index is 541. The molecule has 0 atom stereocenters. The molecular formula is C13H13ClN2O3. The molecule has 100 valence electrons. The molecule has 2 heterocycles. The van der Waals surface area contributed by atoms with Gasteiger partial charge in [0, 0.05) is 18.1 Å². The average Bonchev–Trinajstić information content (AvgIpc) is 2.65. The molecule has 2 aliphatic rings. The lowest BCUT2D eigenvalue weighted by molar-refractivity contribution is -0.114. The fourth-order valence-corrected chi connectivity index (χ4v) is 2.53. The SMILES string of the molecule is O=C1C(=O)N(CN2CCOCC2)c2ccc(Cl)cc21. The number of carbonyl (C=O) groups is 2. The van der Waals surface area contributed by atoms with E-state index in [4.69, 9.17) is 16.3 Å². The van der Waals surface area contributed by atoms with Crippen molar-refractivity contribution in [3.8, 4) is 0 Å². The number of hydrogen-bond donors (Lipinski definition) is 0. The normalized spacial score (nSPS) is 19.9. The number of carbonyl (C=O) groups excluding carboxylic acids is 2. The fraction of sp³-hybridized carbons (Fsp3) is 0.385.